The summed E-state index contributed by atoms with van der Waals surface area (Å²) in [5.74, 6) is 0.138. The molecule has 102 valence electrons. The lowest BCUT2D eigenvalue weighted by Crippen LogP contribution is -2.40. The molecule has 0 rings (SSSR count). The van der Waals surface area contributed by atoms with Gasteiger partial charge in [0, 0.05) is 32.2 Å². The van der Waals surface area contributed by atoms with Crippen molar-refractivity contribution in [1.82, 2.24) is 10.6 Å². The summed E-state index contributed by atoms with van der Waals surface area (Å²) in [4.78, 5) is 11.3. The van der Waals surface area contributed by atoms with Crippen LogP contribution in [0.4, 0.5) is 0 Å². The van der Waals surface area contributed by atoms with Gasteiger partial charge >= 0.3 is 0 Å². The molecular weight excluding hydrogens is 218 g/mol. The van der Waals surface area contributed by atoms with Crippen LogP contribution in [0.25, 0.3) is 0 Å². The molecule has 0 saturated carbocycles. The van der Waals surface area contributed by atoms with E-state index in [0.29, 0.717) is 25.7 Å². The third-order valence-electron chi connectivity index (χ3n) is 2.51. The van der Waals surface area contributed by atoms with Crippen molar-refractivity contribution in [2.45, 2.75) is 32.7 Å². The van der Waals surface area contributed by atoms with Crippen molar-refractivity contribution in [3.63, 3.8) is 0 Å². The molecule has 0 spiro atoms. The minimum absolute atomic E-state index is 0.0435. The second-order valence-corrected chi connectivity index (χ2v) is 4.48. The fourth-order valence-electron chi connectivity index (χ4n) is 1.48. The van der Waals surface area contributed by atoms with E-state index in [9.17, 15) is 4.79 Å². The Morgan fingerprint density at radius 1 is 1.35 bits per heavy atom. The molecule has 0 fully saturated rings. The molecule has 0 bridgehead atoms. The molecule has 0 aliphatic heterocycles. The predicted octanol–water partition coefficient (Wildman–Crippen LogP) is 0.102. The molecule has 0 aromatic carbocycles. The maximum atomic E-state index is 11.3. The van der Waals surface area contributed by atoms with Crippen LogP contribution in [0.15, 0.2) is 0 Å². The number of nitrogens with two attached hydrogens (primary N) is 1. The number of carbonyl (C=O) groups excluding carboxylic acids is 1. The molecule has 0 aromatic heterocycles. The summed E-state index contributed by atoms with van der Waals surface area (Å²) in [5.41, 5.74) is 5.48. The van der Waals surface area contributed by atoms with Gasteiger partial charge < -0.3 is 21.1 Å². The Bertz CT molecular complexity index is 198. The number of hydrogen-bond donors (Lipinski definition) is 3. The summed E-state index contributed by atoms with van der Waals surface area (Å²) in [6.45, 7) is 6.57. The van der Waals surface area contributed by atoms with E-state index < -0.39 is 0 Å². The number of carbonyl (C=O) groups is 1. The van der Waals surface area contributed by atoms with Crippen LogP contribution >= 0.6 is 0 Å². The van der Waals surface area contributed by atoms with Gasteiger partial charge in [0.2, 0.25) is 5.91 Å². The average Bonchev–Trinajstić information content (AvgIpc) is 2.30. The zero-order valence-electron chi connectivity index (χ0n) is 11.3. The van der Waals surface area contributed by atoms with E-state index >= 15 is 0 Å². The van der Waals surface area contributed by atoms with Crippen LogP contribution < -0.4 is 16.4 Å². The van der Waals surface area contributed by atoms with Gasteiger partial charge in [0.15, 0.2) is 0 Å². The van der Waals surface area contributed by atoms with Crippen LogP contribution in [0.1, 0.15) is 26.7 Å². The Hall–Kier alpha value is -0.650. The quantitative estimate of drug-likeness (QED) is 0.477. The molecule has 5 heteroatoms. The fourth-order valence-corrected chi connectivity index (χ4v) is 1.48. The summed E-state index contributed by atoms with van der Waals surface area (Å²) < 4.78 is 5.13. The van der Waals surface area contributed by atoms with Crippen LogP contribution in [0.5, 0.6) is 0 Å². The number of amides is 1. The lowest BCUT2D eigenvalue weighted by atomic mass is 10.1. The third kappa shape index (κ3) is 9.09. The highest BCUT2D eigenvalue weighted by atomic mass is 16.5. The van der Waals surface area contributed by atoms with E-state index in [1.54, 1.807) is 7.11 Å². The summed E-state index contributed by atoms with van der Waals surface area (Å²) in [6.07, 6.45) is 1.99. The van der Waals surface area contributed by atoms with E-state index in [1.165, 1.54) is 0 Å². The minimum Gasteiger partial charge on any atom is -0.383 e. The SMILES string of the molecule is COCC(CCCN)NCCNC(=O)C(C)C. The molecule has 1 atom stereocenters. The number of ether oxygens (including phenoxy) is 1. The van der Waals surface area contributed by atoms with Crippen molar-refractivity contribution in [3.05, 3.63) is 0 Å². The molecule has 0 aromatic rings. The van der Waals surface area contributed by atoms with Crippen LogP contribution in [-0.2, 0) is 9.53 Å². The number of nitrogens with one attached hydrogen (secondary N) is 2. The zero-order chi connectivity index (χ0) is 13.1. The molecule has 0 aliphatic rings. The van der Waals surface area contributed by atoms with Crippen molar-refractivity contribution < 1.29 is 9.53 Å². The van der Waals surface area contributed by atoms with Gasteiger partial charge in [-0.15, -0.1) is 0 Å². The first-order valence-corrected chi connectivity index (χ1v) is 6.31. The van der Waals surface area contributed by atoms with Crippen LogP contribution in [-0.4, -0.2) is 45.3 Å². The van der Waals surface area contributed by atoms with Crippen molar-refractivity contribution in [1.29, 1.82) is 0 Å². The molecule has 0 radical (unpaired) electrons. The molecule has 4 N–H and O–H groups in total. The second kappa shape index (κ2) is 10.5. The number of hydrogen-bond acceptors (Lipinski definition) is 4. The average molecular weight is 245 g/mol. The van der Waals surface area contributed by atoms with Gasteiger partial charge in [0.1, 0.15) is 0 Å². The highest BCUT2D eigenvalue weighted by Gasteiger charge is 2.08. The summed E-state index contributed by atoms with van der Waals surface area (Å²) >= 11 is 0. The first-order valence-electron chi connectivity index (χ1n) is 6.31. The van der Waals surface area contributed by atoms with Gasteiger partial charge in [-0.3, -0.25) is 4.79 Å². The van der Waals surface area contributed by atoms with E-state index in [2.05, 4.69) is 10.6 Å². The van der Waals surface area contributed by atoms with Gasteiger partial charge in [-0.25, -0.2) is 0 Å². The molecular formula is C12H27N3O2. The largest absolute Gasteiger partial charge is 0.383 e. The standard InChI is InChI=1S/C12H27N3O2/c1-10(2)12(16)15-8-7-14-11(9-17-3)5-4-6-13/h10-11,14H,4-9,13H2,1-3H3,(H,15,16). The molecule has 0 heterocycles. The Morgan fingerprint density at radius 3 is 2.59 bits per heavy atom. The number of rotatable bonds is 10. The topological polar surface area (TPSA) is 76.4 Å². The normalized spacial score (nSPS) is 12.8. The Balaban J connectivity index is 3.63. The number of methoxy groups -OCH3 is 1. The van der Waals surface area contributed by atoms with Crippen molar-refractivity contribution in [2.75, 3.05) is 33.4 Å². The van der Waals surface area contributed by atoms with Gasteiger partial charge in [0.05, 0.1) is 6.61 Å². The molecule has 5 nitrogen and oxygen atoms in total. The summed E-state index contributed by atoms with van der Waals surface area (Å²) in [7, 11) is 1.69. The monoisotopic (exact) mass is 245 g/mol. The molecule has 17 heavy (non-hydrogen) atoms. The summed E-state index contributed by atoms with van der Waals surface area (Å²) in [5, 5.41) is 6.22. The maximum Gasteiger partial charge on any atom is 0.222 e. The molecule has 1 amide bonds. The lowest BCUT2D eigenvalue weighted by Gasteiger charge is -2.18. The highest BCUT2D eigenvalue weighted by Crippen LogP contribution is 1.96. The van der Waals surface area contributed by atoms with Crippen molar-refractivity contribution >= 4 is 5.91 Å². The van der Waals surface area contributed by atoms with Crippen LogP contribution in [0.2, 0.25) is 0 Å². The Morgan fingerprint density at radius 2 is 2.06 bits per heavy atom. The molecule has 1 unspecified atom stereocenters. The van der Waals surface area contributed by atoms with E-state index in [0.717, 1.165) is 19.4 Å². The predicted molar refractivity (Wildman–Crippen MR) is 69.8 cm³/mol. The fraction of sp³-hybridized carbons (Fsp3) is 0.917. The van der Waals surface area contributed by atoms with E-state index in [-0.39, 0.29) is 11.8 Å². The first kappa shape index (κ1) is 16.4. The smallest absolute Gasteiger partial charge is 0.222 e. The van der Waals surface area contributed by atoms with Gasteiger partial charge in [-0.1, -0.05) is 13.8 Å². The minimum atomic E-state index is 0.0435. The molecule has 0 aliphatic carbocycles. The Labute approximate surface area is 104 Å². The summed E-state index contributed by atoms with van der Waals surface area (Å²) in [6, 6.07) is 0.319. The maximum absolute atomic E-state index is 11.3. The van der Waals surface area contributed by atoms with Crippen LogP contribution in [0, 0.1) is 5.92 Å². The van der Waals surface area contributed by atoms with E-state index in [1.807, 2.05) is 13.8 Å². The van der Waals surface area contributed by atoms with Gasteiger partial charge in [-0.2, -0.15) is 0 Å². The zero-order valence-corrected chi connectivity index (χ0v) is 11.3. The second-order valence-electron chi connectivity index (χ2n) is 4.48. The van der Waals surface area contributed by atoms with E-state index in [4.69, 9.17) is 10.5 Å². The van der Waals surface area contributed by atoms with Crippen LogP contribution in [0.3, 0.4) is 0 Å². The van der Waals surface area contributed by atoms with Crippen molar-refractivity contribution in [2.24, 2.45) is 11.7 Å². The lowest BCUT2D eigenvalue weighted by molar-refractivity contribution is -0.123. The van der Waals surface area contributed by atoms with Gasteiger partial charge in [-0.05, 0) is 19.4 Å². The molecule has 0 saturated heterocycles. The first-order chi connectivity index (χ1) is 8.11. The Kier molecular flexibility index (Phi) is 10.1. The van der Waals surface area contributed by atoms with Crippen molar-refractivity contribution in [3.8, 4) is 0 Å². The van der Waals surface area contributed by atoms with Gasteiger partial charge in [0.25, 0.3) is 0 Å². The third-order valence-corrected chi connectivity index (χ3v) is 2.51. The highest BCUT2D eigenvalue weighted by molar-refractivity contribution is 5.77.